The van der Waals surface area contributed by atoms with Gasteiger partial charge in [0.05, 0.1) is 0 Å². The topological polar surface area (TPSA) is 23.3 Å². The monoisotopic (exact) mass is 191 g/mol. The first-order valence-electron chi connectivity index (χ1n) is 2.39. The maximum atomic E-state index is 4.90. The Bertz CT molecular complexity index is 43.4. The number of likely N-dealkylation sites (N-methyl/N-ethyl adjacent to an activating group) is 1. The van der Waals surface area contributed by atoms with Crippen molar-refractivity contribution >= 4 is 0 Å². The van der Waals surface area contributed by atoms with E-state index >= 15 is 0 Å². The van der Waals surface area contributed by atoms with Crippen LogP contribution in [0.15, 0.2) is 0 Å². The third-order valence-corrected chi connectivity index (χ3v) is 0.842. The fourth-order valence-electron chi connectivity index (χ4n) is 0.332. The van der Waals surface area contributed by atoms with Gasteiger partial charge in [0.25, 0.3) is 0 Å². The second-order valence-corrected chi connectivity index (χ2v) is 1.55. The van der Waals surface area contributed by atoms with E-state index < -0.39 is 0 Å². The van der Waals surface area contributed by atoms with Crippen molar-refractivity contribution in [2.75, 3.05) is 20.7 Å². The fraction of sp³-hybridized carbons (Fsp3) is 1.00. The Labute approximate surface area is 76.2 Å². The summed E-state index contributed by atoms with van der Waals surface area (Å²) in [6.45, 7) is 2.80. The standard InChI is InChI=1S/C5H12NO.Y/c1-5(7-3)4-6-2;/h5H,4H2,1-3H3;/q-1;+3. The van der Waals surface area contributed by atoms with Crippen molar-refractivity contribution < 1.29 is 37.4 Å². The van der Waals surface area contributed by atoms with Gasteiger partial charge in [0.2, 0.25) is 0 Å². The normalized spacial score (nSPS) is 12.4. The molecule has 0 bridgehead atoms. The first kappa shape index (κ1) is 11.8. The van der Waals surface area contributed by atoms with Gasteiger partial charge in [0, 0.05) is 13.2 Å². The number of methoxy groups -OCH3 is 1. The first-order valence-corrected chi connectivity index (χ1v) is 2.39. The van der Waals surface area contributed by atoms with Crippen LogP contribution in [0.4, 0.5) is 0 Å². The van der Waals surface area contributed by atoms with Crippen molar-refractivity contribution in [3.8, 4) is 0 Å². The molecule has 3 heteroatoms. The van der Waals surface area contributed by atoms with Gasteiger partial charge in [0.15, 0.2) is 0 Å². The van der Waals surface area contributed by atoms with E-state index in [2.05, 4.69) is 5.32 Å². The minimum atomic E-state index is 0. The van der Waals surface area contributed by atoms with Crippen LogP contribution in [0.25, 0.3) is 5.32 Å². The fourth-order valence-corrected chi connectivity index (χ4v) is 0.332. The predicted molar refractivity (Wildman–Crippen MR) is 30.6 cm³/mol. The summed E-state index contributed by atoms with van der Waals surface area (Å²) in [5, 5.41) is 3.88. The second-order valence-electron chi connectivity index (χ2n) is 1.55. The minimum Gasteiger partial charge on any atom is -0.663 e. The van der Waals surface area contributed by atoms with E-state index in [4.69, 9.17) is 4.74 Å². The third-order valence-electron chi connectivity index (χ3n) is 0.842. The Morgan fingerprint density at radius 1 is 1.62 bits per heavy atom. The Morgan fingerprint density at radius 3 is 2.25 bits per heavy atom. The number of ether oxygens (including phenoxy) is 1. The molecule has 1 unspecified atom stereocenters. The molecule has 0 aromatic carbocycles. The molecule has 0 aliphatic heterocycles. The van der Waals surface area contributed by atoms with Crippen LogP contribution >= 0.6 is 0 Å². The number of hydrogen-bond donors (Lipinski definition) is 0. The van der Waals surface area contributed by atoms with E-state index in [9.17, 15) is 0 Å². The van der Waals surface area contributed by atoms with Crippen molar-refractivity contribution in [1.29, 1.82) is 0 Å². The zero-order chi connectivity index (χ0) is 5.70. The van der Waals surface area contributed by atoms with Gasteiger partial charge in [-0.3, -0.25) is 0 Å². The van der Waals surface area contributed by atoms with Crippen LogP contribution in [0, 0.1) is 0 Å². The molecule has 8 heavy (non-hydrogen) atoms. The van der Waals surface area contributed by atoms with E-state index in [1.807, 2.05) is 6.92 Å². The Morgan fingerprint density at radius 2 is 2.12 bits per heavy atom. The average Bonchev–Trinajstić information content (AvgIpc) is 1.68. The number of rotatable bonds is 3. The van der Waals surface area contributed by atoms with Gasteiger partial charge in [-0.25, -0.2) is 0 Å². The molecule has 0 aliphatic rings. The number of nitrogens with zero attached hydrogens (tertiary/aromatic N) is 1. The van der Waals surface area contributed by atoms with Gasteiger partial charge in [-0.2, -0.15) is 7.05 Å². The Balaban J connectivity index is 0. The number of hydrogen-bond acceptors (Lipinski definition) is 1. The van der Waals surface area contributed by atoms with Gasteiger partial charge in [-0.05, 0) is 6.92 Å². The summed E-state index contributed by atoms with van der Waals surface area (Å²) in [5.74, 6) is 0. The summed E-state index contributed by atoms with van der Waals surface area (Å²) in [6.07, 6.45) is 0.282. The van der Waals surface area contributed by atoms with Crippen molar-refractivity contribution in [1.82, 2.24) is 0 Å². The molecule has 0 aliphatic carbocycles. The molecule has 0 N–H and O–H groups in total. The zero-order valence-electron chi connectivity index (χ0n) is 5.72. The molecular weight excluding hydrogens is 179 g/mol. The van der Waals surface area contributed by atoms with Crippen molar-refractivity contribution in [2.45, 2.75) is 13.0 Å². The molecule has 44 valence electrons. The summed E-state index contributed by atoms with van der Waals surface area (Å²) in [4.78, 5) is 0. The van der Waals surface area contributed by atoms with Gasteiger partial charge < -0.3 is 10.1 Å². The smallest absolute Gasteiger partial charge is 0.663 e. The molecule has 2 nitrogen and oxygen atoms in total. The molecule has 0 aromatic heterocycles. The Kier molecular flexibility index (Phi) is 11.8. The Hall–Kier alpha value is 1.02. The van der Waals surface area contributed by atoms with Crippen LogP contribution in [0.3, 0.4) is 0 Å². The first-order chi connectivity index (χ1) is 3.31. The SMILES string of the molecule is C[N-]CC(C)OC.[Y+3]. The van der Waals surface area contributed by atoms with E-state index in [1.54, 1.807) is 14.2 Å². The molecule has 0 rings (SSSR count). The molecule has 0 spiro atoms. The van der Waals surface area contributed by atoms with E-state index in [1.165, 1.54) is 0 Å². The third kappa shape index (κ3) is 7.02. The molecule has 0 amide bonds. The van der Waals surface area contributed by atoms with Crippen molar-refractivity contribution in [3.05, 3.63) is 5.32 Å². The van der Waals surface area contributed by atoms with Crippen LogP contribution in [-0.4, -0.2) is 26.8 Å². The van der Waals surface area contributed by atoms with Crippen LogP contribution in [0.2, 0.25) is 0 Å². The van der Waals surface area contributed by atoms with E-state index in [-0.39, 0.29) is 38.8 Å². The van der Waals surface area contributed by atoms with Gasteiger partial charge in [0.1, 0.15) is 0 Å². The van der Waals surface area contributed by atoms with Crippen LogP contribution < -0.4 is 0 Å². The van der Waals surface area contributed by atoms with Crippen LogP contribution in [0.1, 0.15) is 6.92 Å². The predicted octanol–water partition coefficient (Wildman–Crippen LogP) is 1.02. The zero-order valence-corrected chi connectivity index (χ0v) is 8.56. The minimum absolute atomic E-state index is 0. The molecule has 0 saturated heterocycles. The largest absolute Gasteiger partial charge is 3.00 e. The van der Waals surface area contributed by atoms with Gasteiger partial charge in [-0.15, -0.1) is 6.54 Å². The molecular formula is C5H12NOY+2. The van der Waals surface area contributed by atoms with E-state index in [0.717, 1.165) is 6.54 Å². The molecule has 0 aromatic rings. The van der Waals surface area contributed by atoms with E-state index in [0.29, 0.717) is 0 Å². The maximum absolute atomic E-state index is 4.90. The summed E-state index contributed by atoms with van der Waals surface area (Å²) < 4.78 is 4.90. The van der Waals surface area contributed by atoms with Crippen LogP contribution in [0.5, 0.6) is 0 Å². The molecule has 0 heterocycles. The quantitative estimate of drug-likeness (QED) is 0.653. The second kappa shape index (κ2) is 8.02. The molecule has 0 radical (unpaired) electrons. The van der Waals surface area contributed by atoms with Crippen molar-refractivity contribution in [2.24, 2.45) is 0 Å². The summed E-state index contributed by atoms with van der Waals surface area (Å²) in [6, 6.07) is 0. The summed E-state index contributed by atoms with van der Waals surface area (Å²) in [7, 11) is 3.48. The molecule has 0 saturated carbocycles. The van der Waals surface area contributed by atoms with Gasteiger partial charge >= 0.3 is 32.7 Å². The summed E-state index contributed by atoms with van der Waals surface area (Å²) in [5.41, 5.74) is 0. The molecule has 1 atom stereocenters. The molecule has 0 fully saturated rings. The van der Waals surface area contributed by atoms with Gasteiger partial charge in [-0.1, -0.05) is 0 Å². The van der Waals surface area contributed by atoms with Crippen LogP contribution in [-0.2, 0) is 37.4 Å². The van der Waals surface area contributed by atoms with Crippen molar-refractivity contribution in [3.63, 3.8) is 0 Å². The maximum Gasteiger partial charge on any atom is 3.00 e. The summed E-state index contributed by atoms with van der Waals surface area (Å²) >= 11 is 0. The average molecular weight is 191 g/mol.